The van der Waals surface area contributed by atoms with Gasteiger partial charge in [0.15, 0.2) is 16.5 Å². The first-order valence-electron chi connectivity index (χ1n) is 9.58. The summed E-state index contributed by atoms with van der Waals surface area (Å²) in [7, 11) is 0. The van der Waals surface area contributed by atoms with E-state index in [1.165, 1.54) is 13.1 Å². The highest BCUT2D eigenvalue weighted by molar-refractivity contribution is 7.18. The largest absolute Gasteiger partial charge is 0.389 e. The van der Waals surface area contributed by atoms with Crippen molar-refractivity contribution in [3.8, 4) is 0 Å². The highest BCUT2D eigenvalue weighted by Gasteiger charge is 2.37. The zero-order chi connectivity index (χ0) is 24.7. The number of carbonyl (C=O) groups is 1. The number of pyridine rings is 1. The van der Waals surface area contributed by atoms with Crippen LogP contribution in [-0.4, -0.2) is 60.0 Å². The summed E-state index contributed by atoms with van der Waals surface area (Å²) in [4.78, 5) is 38.5. The molecule has 0 fully saturated rings. The number of halogens is 2. The fourth-order valence-corrected chi connectivity index (χ4v) is 5.29. The number of aliphatic imine (C=N–C) groups is 1. The van der Waals surface area contributed by atoms with Crippen LogP contribution in [-0.2, 0) is 6.42 Å². The van der Waals surface area contributed by atoms with Crippen molar-refractivity contribution in [1.82, 2.24) is 14.3 Å². The van der Waals surface area contributed by atoms with Crippen LogP contribution >= 0.6 is 46.1 Å². The van der Waals surface area contributed by atoms with E-state index in [1.807, 2.05) is 0 Å². The van der Waals surface area contributed by atoms with Gasteiger partial charge in [-0.05, 0) is 24.5 Å². The zero-order valence-corrected chi connectivity index (χ0v) is 20.3. The smallest absolute Gasteiger partial charge is 0.274 e. The van der Waals surface area contributed by atoms with Gasteiger partial charge in [-0.3, -0.25) is 18.9 Å². The molecule has 3 aromatic rings. The maximum absolute atomic E-state index is 13.2. The molecule has 0 saturated carbocycles. The fraction of sp³-hybridized carbons (Fsp3) is 0.278. The van der Waals surface area contributed by atoms with Gasteiger partial charge < -0.3 is 26.4 Å². The number of aromatic amines is 1. The molecule has 3 aromatic heterocycles. The molecule has 0 radical (unpaired) electrons. The number of nitrogens with zero attached hydrogens (tertiary/aromatic N) is 4. The third kappa shape index (κ3) is 4.53. The van der Waals surface area contributed by atoms with Crippen LogP contribution in [0.1, 0.15) is 27.7 Å². The lowest BCUT2D eigenvalue weighted by Crippen LogP contribution is -2.37. The molecule has 1 aliphatic rings. The van der Waals surface area contributed by atoms with E-state index in [9.17, 15) is 24.9 Å². The lowest BCUT2D eigenvalue weighted by Gasteiger charge is -2.19. The fourth-order valence-electron chi connectivity index (χ4n) is 3.13. The Labute approximate surface area is 209 Å². The number of thiazole rings is 1. The van der Waals surface area contributed by atoms with E-state index < -0.39 is 30.0 Å². The molecule has 16 heteroatoms. The maximum atomic E-state index is 13.2. The first kappa shape index (κ1) is 24.5. The third-order valence-electron chi connectivity index (χ3n) is 4.77. The maximum Gasteiger partial charge on any atom is 0.274 e. The van der Waals surface area contributed by atoms with Crippen molar-refractivity contribution >= 4 is 73.8 Å². The van der Waals surface area contributed by atoms with E-state index in [4.69, 9.17) is 28.9 Å². The van der Waals surface area contributed by atoms with Gasteiger partial charge in [0.05, 0.1) is 6.10 Å². The highest BCUT2D eigenvalue weighted by atomic mass is 35.5. The molecule has 12 nitrogen and oxygen atoms in total. The van der Waals surface area contributed by atoms with E-state index >= 15 is 0 Å². The van der Waals surface area contributed by atoms with Gasteiger partial charge in [0, 0.05) is 23.2 Å². The molecule has 0 aromatic carbocycles. The van der Waals surface area contributed by atoms with Crippen LogP contribution in [0.15, 0.2) is 22.1 Å². The quantitative estimate of drug-likeness (QED) is 0.195. The number of H-pyrrole nitrogens is 1. The number of aliphatic hydroxyl groups is 3. The van der Waals surface area contributed by atoms with Gasteiger partial charge >= 0.3 is 0 Å². The molecule has 1 amide bonds. The average molecular weight is 546 g/mol. The second-order valence-corrected chi connectivity index (χ2v) is 9.71. The van der Waals surface area contributed by atoms with Gasteiger partial charge in [-0.15, -0.1) is 0 Å². The molecule has 0 saturated heterocycles. The first-order valence-corrected chi connectivity index (χ1v) is 12.0. The third-order valence-corrected chi connectivity index (χ3v) is 7.26. The van der Waals surface area contributed by atoms with Gasteiger partial charge in [0.25, 0.3) is 11.5 Å². The number of amides is 1. The molecule has 3 atom stereocenters. The van der Waals surface area contributed by atoms with Crippen LogP contribution in [0.25, 0.3) is 0 Å². The van der Waals surface area contributed by atoms with E-state index in [0.717, 1.165) is 27.8 Å². The van der Waals surface area contributed by atoms with Gasteiger partial charge in [0.1, 0.15) is 33.3 Å². The minimum absolute atomic E-state index is 0.0217. The second-order valence-electron chi connectivity index (χ2n) is 7.12. The summed E-state index contributed by atoms with van der Waals surface area (Å²) >= 11 is 14.1. The molecular weight excluding hydrogens is 529 g/mol. The Morgan fingerprint density at radius 1 is 1.44 bits per heavy atom. The van der Waals surface area contributed by atoms with Gasteiger partial charge in [-0.1, -0.05) is 34.5 Å². The summed E-state index contributed by atoms with van der Waals surface area (Å²) in [6, 6.07) is 1.57. The Morgan fingerprint density at radius 3 is 2.88 bits per heavy atom. The molecule has 34 heavy (non-hydrogen) atoms. The van der Waals surface area contributed by atoms with E-state index in [1.54, 1.807) is 6.07 Å². The lowest BCUT2D eigenvalue weighted by molar-refractivity contribution is 0.0376. The summed E-state index contributed by atoms with van der Waals surface area (Å²) in [5, 5.41) is 33.0. The van der Waals surface area contributed by atoms with Crippen molar-refractivity contribution in [3.63, 3.8) is 0 Å². The minimum atomic E-state index is -1.53. The Bertz CT molecular complexity index is 1340. The summed E-state index contributed by atoms with van der Waals surface area (Å²) in [5.74, 6) is -0.701. The number of hydrogen-bond donors (Lipinski definition) is 6. The van der Waals surface area contributed by atoms with E-state index in [2.05, 4.69) is 24.7 Å². The Kier molecular flexibility index (Phi) is 6.91. The topological polar surface area (TPSA) is 190 Å². The van der Waals surface area contributed by atoms with Crippen molar-refractivity contribution in [2.24, 2.45) is 10.7 Å². The highest BCUT2D eigenvalue weighted by Crippen LogP contribution is 2.38. The number of carbonyl (C=O) groups excluding carboxylic acids is 1. The standard InChI is InChI=1S/C18H17Cl2N7O5S2/c1-5(28)14(30)24-12(21)9-15(31)26-34-16(9)25-18-23-11(20)10(33-18)17(32)27-8(29)4-6-7(19)2-3-22-13(6)27/h2-3,5,8,14,28-30H,4H2,1H3,(H2,21,24)(H,23,25)(H,26,31). The van der Waals surface area contributed by atoms with Gasteiger partial charge in [-0.2, -0.15) is 0 Å². The molecule has 3 unspecified atom stereocenters. The van der Waals surface area contributed by atoms with Crippen molar-refractivity contribution in [1.29, 1.82) is 0 Å². The van der Waals surface area contributed by atoms with Crippen LogP contribution in [0.3, 0.4) is 0 Å². The molecule has 0 aliphatic carbocycles. The van der Waals surface area contributed by atoms with Crippen molar-refractivity contribution in [2.75, 3.05) is 10.2 Å². The van der Waals surface area contributed by atoms with E-state index in [0.29, 0.717) is 10.6 Å². The lowest BCUT2D eigenvalue weighted by atomic mass is 10.2. The number of fused-ring (bicyclic) bond motifs is 1. The molecular formula is C18H17Cl2N7O5S2. The number of aliphatic hydroxyl groups excluding tert-OH is 3. The number of hydrogen-bond acceptors (Lipinski definition) is 11. The number of aromatic nitrogens is 3. The zero-order valence-electron chi connectivity index (χ0n) is 17.2. The Hall–Kier alpha value is -2.59. The average Bonchev–Trinajstić information content (AvgIpc) is 3.42. The van der Waals surface area contributed by atoms with Crippen LogP contribution in [0.2, 0.25) is 10.2 Å². The molecule has 4 rings (SSSR count). The second kappa shape index (κ2) is 9.58. The van der Waals surface area contributed by atoms with Gasteiger partial charge in [0.2, 0.25) is 0 Å². The Balaban J connectivity index is 1.62. The number of rotatable bonds is 6. The molecule has 4 heterocycles. The molecule has 180 valence electrons. The van der Waals surface area contributed by atoms with E-state index in [-0.39, 0.29) is 43.8 Å². The Morgan fingerprint density at radius 2 is 2.18 bits per heavy atom. The summed E-state index contributed by atoms with van der Waals surface area (Å²) in [5.41, 5.74) is 5.73. The SMILES string of the molecule is CC(O)C(O)N=C(N)c1c(Nc2nc(Cl)c(C(=O)N3c4nccc(Cl)c4CC3O)s2)s[nH]c1=O. The van der Waals surface area contributed by atoms with Crippen molar-refractivity contribution < 1.29 is 20.1 Å². The number of anilines is 3. The minimum Gasteiger partial charge on any atom is -0.389 e. The number of amidine groups is 1. The van der Waals surface area contributed by atoms with Crippen LogP contribution in [0, 0.1) is 0 Å². The van der Waals surface area contributed by atoms with Crippen molar-refractivity contribution in [2.45, 2.75) is 31.9 Å². The molecule has 0 spiro atoms. The van der Waals surface area contributed by atoms with Crippen molar-refractivity contribution in [3.05, 3.63) is 48.8 Å². The van der Waals surface area contributed by atoms with Crippen LogP contribution in [0.5, 0.6) is 0 Å². The predicted molar refractivity (Wildman–Crippen MR) is 130 cm³/mol. The molecule has 7 N–H and O–H groups in total. The summed E-state index contributed by atoms with van der Waals surface area (Å²) in [6.07, 6.45) is -2.36. The van der Waals surface area contributed by atoms with Crippen LogP contribution < -0.4 is 21.5 Å². The number of nitrogens with one attached hydrogen (secondary N) is 2. The predicted octanol–water partition coefficient (Wildman–Crippen LogP) is 1.26. The first-order chi connectivity index (χ1) is 16.1. The van der Waals surface area contributed by atoms with Gasteiger partial charge in [-0.25, -0.2) is 15.0 Å². The summed E-state index contributed by atoms with van der Waals surface area (Å²) in [6.45, 7) is 1.31. The summed E-state index contributed by atoms with van der Waals surface area (Å²) < 4.78 is 2.49. The monoisotopic (exact) mass is 545 g/mol. The molecule has 1 aliphatic heterocycles. The van der Waals surface area contributed by atoms with Crippen LogP contribution in [0.4, 0.5) is 16.0 Å². The number of nitrogens with two attached hydrogens (primary N) is 1. The molecule has 0 bridgehead atoms. The normalized spacial score (nSPS) is 17.5.